The summed E-state index contributed by atoms with van der Waals surface area (Å²) in [6.07, 6.45) is 0. The topological polar surface area (TPSA) is 129 Å². The first-order chi connectivity index (χ1) is 15.3. The minimum atomic E-state index is -4.13. The van der Waals surface area contributed by atoms with Crippen LogP contribution in [0.4, 0.5) is 0 Å². The van der Waals surface area contributed by atoms with E-state index in [0.717, 1.165) is 22.0 Å². The minimum Gasteiger partial charge on any atom is -0.507 e. The Morgan fingerprint density at radius 1 is 0.875 bits per heavy atom. The average molecular weight is 452 g/mol. The van der Waals surface area contributed by atoms with Gasteiger partial charge in [-0.3, -0.25) is 0 Å². The summed E-state index contributed by atoms with van der Waals surface area (Å²) in [6.45, 7) is 0.0831. The van der Waals surface area contributed by atoms with Gasteiger partial charge in [-0.2, -0.15) is 4.31 Å². The van der Waals surface area contributed by atoms with Crippen LogP contribution in [0.25, 0.3) is 17.1 Å². The van der Waals surface area contributed by atoms with E-state index < -0.39 is 32.4 Å². The summed E-state index contributed by atoms with van der Waals surface area (Å²) >= 11 is 0. The highest BCUT2D eigenvalue weighted by molar-refractivity contribution is 7.89. The van der Waals surface area contributed by atoms with Crippen molar-refractivity contribution in [3.63, 3.8) is 0 Å². The maximum absolute atomic E-state index is 13.2. The molecule has 4 rings (SSSR count). The fourth-order valence-corrected chi connectivity index (χ4v) is 4.55. The molecular formula is C22H20N4O5S. The van der Waals surface area contributed by atoms with Crippen LogP contribution in [0.1, 0.15) is 5.56 Å². The summed E-state index contributed by atoms with van der Waals surface area (Å²) in [5.74, 6) is -1.02. The molecule has 0 unspecified atom stereocenters. The van der Waals surface area contributed by atoms with Gasteiger partial charge in [-0.1, -0.05) is 53.6 Å². The predicted molar refractivity (Wildman–Crippen MR) is 117 cm³/mol. The van der Waals surface area contributed by atoms with Crippen molar-refractivity contribution in [1.82, 2.24) is 19.1 Å². The lowest BCUT2D eigenvalue weighted by Crippen LogP contribution is -2.26. The van der Waals surface area contributed by atoms with Gasteiger partial charge in [0.25, 0.3) is 0 Å². The molecule has 0 aliphatic carbocycles. The van der Waals surface area contributed by atoms with Gasteiger partial charge >= 0.3 is 6.01 Å². The molecule has 0 saturated heterocycles. The van der Waals surface area contributed by atoms with Gasteiger partial charge in [0.15, 0.2) is 5.82 Å². The number of phenolic OH excluding ortho intramolecular Hbond substituents is 2. The second kappa shape index (κ2) is 8.33. The summed E-state index contributed by atoms with van der Waals surface area (Å²) in [6, 6.07) is 19.3. The molecule has 1 heterocycles. The van der Waals surface area contributed by atoms with Crippen molar-refractivity contribution in [2.24, 2.45) is 0 Å². The normalized spacial score (nSPS) is 11.7. The lowest BCUT2D eigenvalue weighted by atomic mass is 10.1. The lowest BCUT2D eigenvalue weighted by molar-refractivity contribution is 0.420. The Kier molecular flexibility index (Phi) is 5.56. The highest BCUT2D eigenvalue weighted by Gasteiger charge is 2.28. The Morgan fingerprint density at radius 3 is 2.16 bits per heavy atom. The van der Waals surface area contributed by atoms with Crippen LogP contribution in [0, 0.1) is 0 Å². The molecule has 164 valence electrons. The molecule has 4 aromatic rings. The van der Waals surface area contributed by atoms with Crippen LogP contribution in [0.5, 0.6) is 17.5 Å². The number of nitrogens with zero attached hydrogens (tertiary/aromatic N) is 4. The Hall–Kier alpha value is -3.89. The molecule has 3 aromatic carbocycles. The summed E-state index contributed by atoms with van der Waals surface area (Å²) in [5.41, 5.74) is 1.25. The number of benzene rings is 3. The summed E-state index contributed by atoms with van der Waals surface area (Å²) < 4.78 is 28.8. The molecule has 0 bridgehead atoms. The molecule has 0 radical (unpaired) electrons. The van der Waals surface area contributed by atoms with Gasteiger partial charge in [0.05, 0.1) is 11.3 Å². The van der Waals surface area contributed by atoms with E-state index >= 15 is 0 Å². The maximum atomic E-state index is 13.2. The molecule has 10 heteroatoms. The molecular weight excluding hydrogens is 432 g/mol. The van der Waals surface area contributed by atoms with E-state index in [1.54, 1.807) is 54.6 Å². The third-order valence-corrected chi connectivity index (χ3v) is 6.75. The quantitative estimate of drug-likeness (QED) is 0.410. The molecule has 32 heavy (non-hydrogen) atoms. The number of rotatable bonds is 6. The summed E-state index contributed by atoms with van der Waals surface area (Å²) in [5, 5.41) is 38.6. The fourth-order valence-electron chi connectivity index (χ4n) is 3.30. The number of aromatic hydroxyl groups is 3. The van der Waals surface area contributed by atoms with Gasteiger partial charge in [-0.15, -0.1) is 5.10 Å². The van der Waals surface area contributed by atoms with Gasteiger partial charge in [0.2, 0.25) is 10.0 Å². The highest BCUT2D eigenvalue weighted by Crippen LogP contribution is 2.39. The largest absolute Gasteiger partial charge is 0.507 e. The van der Waals surface area contributed by atoms with Gasteiger partial charge in [-0.05, 0) is 23.8 Å². The number of sulfonamides is 1. The zero-order valence-corrected chi connectivity index (χ0v) is 17.8. The standard InChI is InChI=1S/C22H20N4O5S/c1-25(14-15-8-4-2-5-9-15)32(30,31)20-12-17(18(27)13-19(20)28)21-23-24-22(29)26(21)16-10-6-3-7-11-16/h2-13,27-28H,14H2,1H3,(H,24,29). The highest BCUT2D eigenvalue weighted by atomic mass is 32.2. The Bertz CT molecular complexity index is 1360. The molecule has 0 saturated carbocycles. The Morgan fingerprint density at radius 2 is 1.50 bits per heavy atom. The van der Waals surface area contributed by atoms with Crippen LogP contribution in [-0.4, -0.2) is 49.9 Å². The predicted octanol–water partition coefficient (Wildman–Crippen LogP) is 2.87. The van der Waals surface area contributed by atoms with Crippen molar-refractivity contribution in [2.75, 3.05) is 7.05 Å². The van der Waals surface area contributed by atoms with Crippen LogP contribution in [0.3, 0.4) is 0 Å². The third kappa shape index (κ3) is 3.88. The van der Waals surface area contributed by atoms with E-state index in [0.29, 0.717) is 5.69 Å². The van der Waals surface area contributed by atoms with E-state index in [1.165, 1.54) is 11.6 Å². The van der Waals surface area contributed by atoms with E-state index in [-0.39, 0.29) is 17.9 Å². The zero-order valence-electron chi connectivity index (χ0n) is 17.0. The van der Waals surface area contributed by atoms with Gasteiger partial charge in [0.1, 0.15) is 16.4 Å². The van der Waals surface area contributed by atoms with Gasteiger partial charge < -0.3 is 15.3 Å². The first kappa shape index (κ1) is 21.3. The van der Waals surface area contributed by atoms with Crippen molar-refractivity contribution in [3.8, 4) is 34.6 Å². The second-order valence-corrected chi connectivity index (χ2v) is 9.09. The molecule has 0 amide bonds. The van der Waals surface area contributed by atoms with E-state index in [4.69, 9.17) is 0 Å². The van der Waals surface area contributed by atoms with Crippen molar-refractivity contribution in [3.05, 3.63) is 78.4 Å². The Balaban J connectivity index is 1.80. The summed E-state index contributed by atoms with van der Waals surface area (Å²) in [4.78, 5) is -0.411. The van der Waals surface area contributed by atoms with E-state index in [9.17, 15) is 23.7 Å². The van der Waals surface area contributed by atoms with Crippen LogP contribution >= 0.6 is 0 Å². The van der Waals surface area contributed by atoms with Crippen molar-refractivity contribution in [2.45, 2.75) is 11.4 Å². The number of aromatic nitrogens is 3. The molecule has 0 spiro atoms. The first-order valence-electron chi connectivity index (χ1n) is 9.55. The maximum Gasteiger partial charge on any atom is 0.319 e. The van der Waals surface area contributed by atoms with Gasteiger partial charge in [-0.25, -0.2) is 13.0 Å². The number of phenols is 2. The summed E-state index contributed by atoms with van der Waals surface area (Å²) in [7, 11) is -2.74. The number of hydrogen-bond donors (Lipinski definition) is 3. The molecule has 0 aliphatic rings. The molecule has 9 nitrogen and oxygen atoms in total. The monoisotopic (exact) mass is 452 g/mol. The molecule has 3 N–H and O–H groups in total. The average Bonchev–Trinajstić information content (AvgIpc) is 3.16. The van der Waals surface area contributed by atoms with Crippen LogP contribution < -0.4 is 0 Å². The van der Waals surface area contributed by atoms with Crippen LogP contribution in [-0.2, 0) is 16.6 Å². The van der Waals surface area contributed by atoms with Crippen LogP contribution in [0.15, 0.2) is 77.7 Å². The SMILES string of the molecule is CN(Cc1ccccc1)S(=O)(=O)c1cc(-c2nnc(O)n2-c2ccccc2)c(O)cc1O. The molecule has 0 atom stereocenters. The zero-order chi connectivity index (χ0) is 22.9. The Labute approximate surface area is 184 Å². The number of hydrogen-bond acceptors (Lipinski definition) is 7. The van der Waals surface area contributed by atoms with Crippen molar-refractivity contribution >= 4 is 10.0 Å². The van der Waals surface area contributed by atoms with Crippen molar-refractivity contribution in [1.29, 1.82) is 0 Å². The van der Waals surface area contributed by atoms with Gasteiger partial charge in [0, 0.05) is 19.7 Å². The van der Waals surface area contributed by atoms with E-state index in [1.807, 2.05) is 6.07 Å². The second-order valence-electron chi connectivity index (χ2n) is 7.08. The molecule has 1 aromatic heterocycles. The molecule has 0 aliphatic heterocycles. The smallest absolute Gasteiger partial charge is 0.319 e. The molecule has 0 fully saturated rings. The van der Waals surface area contributed by atoms with Crippen molar-refractivity contribution < 1.29 is 23.7 Å². The first-order valence-corrected chi connectivity index (χ1v) is 11.0. The van der Waals surface area contributed by atoms with E-state index in [2.05, 4.69) is 10.2 Å². The lowest BCUT2D eigenvalue weighted by Gasteiger charge is -2.19. The number of para-hydroxylation sites is 1. The van der Waals surface area contributed by atoms with Crippen LogP contribution in [0.2, 0.25) is 0 Å². The minimum absolute atomic E-state index is 0.00774. The fraction of sp³-hybridized carbons (Fsp3) is 0.0909. The third-order valence-electron chi connectivity index (χ3n) is 4.91.